The number of rotatable bonds is 6. The van der Waals surface area contributed by atoms with Crippen LogP contribution in [0.4, 0.5) is 0 Å². The van der Waals surface area contributed by atoms with E-state index in [2.05, 4.69) is 60.7 Å². The van der Waals surface area contributed by atoms with Crippen molar-refractivity contribution in [1.29, 1.82) is 0 Å². The van der Waals surface area contributed by atoms with Gasteiger partial charge in [-0.1, -0.05) is 55.3 Å². The molecule has 154 valence electrons. The quantitative estimate of drug-likeness (QED) is 0.349. The van der Waals surface area contributed by atoms with Crippen LogP contribution in [0.25, 0.3) is 0 Å². The normalized spacial score (nSPS) is 36.8. The van der Waals surface area contributed by atoms with Crippen molar-refractivity contribution in [2.75, 3.05) is 6.61 Å². The smallest absolute Gasteiger partial charge is 0.119 e. The van der Waals surface area contributed by atoms with Crippen molar-refractivity contribution in [2.45, 2.75) is 83.2 Å². The van der Waals surface area contributed by atoms with E-state index < -0.39 is 5.60 Å². The average molecular weight is 494 g/mol. The topological polar surface area (TPSA) is 29.5 Å². The van der Waals surface area contributed by atoms with Gasteiger partial charge in [0.2, 0.25) is 0 Å². The molecule has 0 heterocycles. The van der Waals surface area contributed by atoms with E-state index in [0.717, 1.165) is 44.0 Å². The Labute approximate surface area is 184 Å². The minimum absolute atomic E-state index is 0.0374. The lowest BCUT2D eigenvalue weighted by molar-refractivity contribution is -0.0708. The largest absolute Gasteiger partial charge is 0.494 e. The van der Waals surface area contributed by atoms with Gasteiger partial charge >= 0.3 is 0 Å². The van der Waals surface area contributed by atoms with Crippen LogP contribution in [-0.2, 0) is 6.42 Å². The lowest BCUT2D eigenvalue weighted by Gasteiger charge is -2.52. The molecule has 0 aliphatic heterocycles. The number of aryl methyl sites for hydroxylation is 1. The highest BCUT2D eigenvalue weighted by Crippen LogP contribution is 2.64. The number of hydrogen-bond acceptors (Lipinski definition) is 2. The van der Waals surface area contributed by atoms with E-state index in [1.54, 1.807) is 5.56 Å². The molecule has 28 heavy (non-hydrogen) atoms. The van der Waals surface area contributed by atoms with Crippen molar-refractivity contribution in [1.82, 2.24) is 0 Å². The maximum atomic E-state index is 11.4. The van der Waals surface area contributed by atoms with E-state index in [1.807, 2.05) is 4.08 Å². The molecule has 2 nitrogen and oxygen atoms in total. The van der Waals surface area contributed by atoms with Gasteiger partial charge in [-0.05, 0) is 96.1 Å². The van der Waals surface area contributed by atoms with Gasteiger partial charge in [0, 0.05) is 5.41 Å². The zero-order chi connectivity index (χ0) is 19.8. The number of fused-ring (bicyclic) bond motifs is 5. The van der Waals surface area contributed by atoms with Crippen molar-refractivity contribution in [3.63, 3.8) is 0 Å². The van der Waals surface area contributed by atoms with E-state index in [4.69, 9.17) is 4.74 Å². The molecule has 3 aliphatic rings. The summed E-state index contributed by atoms with van der Waals surface area (Å²) in [6.45, 7) is 5.43. The molecule has 5 atom stereocenters. The third kappa shape index (κ3) is 3.45. The van der Waals surface area contributed by atoms with Gasteiger partial charge < -0.3 is 9.84 Å². The van der Waals surface area contributed by atoms with Crippen LogP contribution < -0.4 is 4.74 Å². The fourth-order valence-corrected chi connectivity index (χ4v) is 7.21. The van der Waals surface area contributed by atoms with Crippen LogP contribution in [0, 0.1) is 17.3 Å². The van der Waals surface area contributed by atoms with Crippen LogP contribution in [0.2, 0.25) is 0 Å². The zero-order valence-electron chi connectivity index (χ0n) is 17.4. The molecule has 0 amide bonds. The molecule has 3 heteroatoms. The summed E-state index contributed by atoms with van der Waals surface area (Å²) in [5, 5.41) is 11.4. The van der Waals surface area contributed by atoms with Gasteiger partial charge in [-0.15, -0.1) is 0 Å². The highest BCUT2D eigenvalue weighted by molar-refractivity contribution is 14.1. The second-order valence-electron chi connectivity index (χ2n) is 9.54. The number of unbranched alkanes of at least 4 members (excludes halogenated alkanes) is 2. The highest BCUT2D eigenvalue weighted by Gasteiger charge is 2.60. The molecule has 3 aliphatic carbocycles. The first-order valence-electron chi connectivity index (χ1n) is 11.3. The summed E-state index contributed by atoms with van der Waals surface area (Å²) in [5.41, 5.74) is 2.51. The number of ether oxygens (including phenoxy) is 1. The number of benzene rings is 1. The Morgan fingerprint density at radius 1 is 1.21 bits per heavy atom. The molecule has 0 bridgehead atoms. The summed E-state index contributed by atoms with van der Waals surface area (Å²) in [6, 6.07) is 6.87. The van der Waals surface area contributed by atoms with Gasteiger partial charge in [0.05, 0.1) is 12.2 Å². The van der Waals surface area contributed by atoms with Crippen molar-refractivity contribution in [3.05, 3.63) is 39.5 Å². The molecule has 0 unspecified atom stereocenters. The Kier molecular flexibility index (Phi) is 6.13. The summed E-state index contributed by atoms with van der Waals surface area (Å²) in [6.07, 6.45) is 12.6. The Balaban J connectivity index is 1.52. The van der Waals surface area contributed by atoms with Crippen LogP contribution in [0.15, 0.2) is 28.4 Å². The predicted octanol–water partition coefficient (Wildman–Crippen LogP) is 6.79. The minimum atomic E-state index is -0.611. The molecular weight excluding hydrogens is 459 g/mol. The maximum absolute atomic E-state index is 11.4. The van der Waals surface area contributed by atoms with E-state index >= 15 is 0 Å². The first-order chi connectivity index (χ1) is 13.5. The monoisotopic (exact) mass is 494 g/mol. The molecule has 0 spiro atoms. The lowest BCUT2D eigenvalue weighted by atomic mass is 9.53. The summed E-state index contributed by atoms with van der Waals surface area (Å²) >= 11 is 2.26. The lowest BCUT2D eigenvalue weighted by Crippen LogP contribution is -2.49. The summed E-state index contributed by atoms with van der Waals surface area (Å²) in [7, 11) is 0. The predicted molar refractivity (Wildman–Crippen MR) is 124 cm³/mol. The fourth-order valence-electron chi connectivity index (χ4n) is 6.62. The maximum Gasteiger partial charge on any atom is 0.119 e. The minimum Gasteiger partial charge on any atom is -0.494 e. The molecule has 1 aromatic carbocycles. The van der Waals surface area contributed by atoms with E-state index in [1.165, 1.54) is 37.7 Å². The summed E-state index contributed by atoms with van der Waals surface area (Å²) in [4.78, 5) is 0. The van der Waals surface area contributed by atoms with E-state index in [0.29, 0.717) is 11.8 Å². The molecule has 0 saturated heterocycles. The molecule has 2 fully saturated rings. The highest BCUT2D eigenvalue weighted by atomic mass is 127. The standard InChI is InChI=1S/C25H35IO2/c1-3-4-5-16-28-19-7-9-20-18(17-19)6-8-22-21(20)10-12-24(2)23(22)11-13-25(24,27)14-15-26/h7,9,14-15,17,21-23,27H,3-6,8,10-13,16H2,1-2H3/b15-14+/t21-,22-,23+,24+,25-/m1/s1. The third-order valence-corrected chi connectivity index (χ3v) is 8.63. The van der Waals surface area contributed by atoms with Gasteiger partial charge in [-0.3, -0.25) is 0 Å². The first-order valence-corrected chi connectivity index (χ1v) is 12.5. The van der Waals surface area contributed by atoms with Crippen LogP contribution in [0.3, 0.4) is 0 Å². The molecular formula is C25H35IO2. The van der Waals surface area contributed by atoms with Crippen molar-refractivity contribution < 1.29 is 9.84 Å². The van der Waals surface area contributed by atoms with Crippen molar-refractivity contribution in [3.8, 4) is 5.75 Å². The molecule has 2 saturated carbocycles. The van der Waals surface area contributed by atoms with Crippen molar-refractivity contribution >= 4 is 22.6 Å². The zero-order valence-corrected chi connectivity index (χ0v) is 19.6. The second-order valence-corrected chi connectivity index (χ2v) is 10.3. The van der Waals surface area contributed by atoms with E-state index in [-0.39, 0.29) is 5.41 Å². The third-order valence-electron chi connectivity index (χ3n) is 8.27. The Morgan fingerprint density at radius 2 is 2.07 bits per heavy atom. The van der Waals surface area contributed by atoms with E-state index in [9.17, 15) is 5.11 Å². The van der Waals surface area contributed by atoms with Gasteiger partial charge in [0.1, 0.15) is 5.75 Å². The average Bonchev–Trinajstić information content (AvgIpc) is 2.96. The molecule has 0 radical (unpaired) electrons. The SMILES string of the molecule is CCCCCOc1ccc2c(c1)CC[C@@H]1[C@@H]2CC[C@@]2(C)[C@H]1CC[C@@]2(O)/C=C/I. The molecule has 0 aromatic heterocycles. The van der Waals surface area contributed by atoms with Crippen molar-refractivity contribution in [2.24, 2.45) is 17.3 Å². The van der Waals surface area contributed by atoms with Gasteiger partial charge in [0.15, 0.2) is 0 Å². The Morgan fingerprint density at radius 3 is 2.86 bits per heavy atom. The van der Waals surface area contributed by atoms with Crippen LogP contribution in [0.1, 0.15) is 82.3 Å². The van der Waals surface area contributed by atoms with Crippen LogP contribution in [0.5, 0.6) is 5.75 Å². The fraction of sp³-hybridized carbons (Fsp3) is 0.680. The number of hydrogen-bond donors (Lipinski definition) is 1. The molecule has 1 N–H and O–H groups in total. The number of halogens is 1. The second kappa shape index (κ2) is 8.29. The Hall–Kier alpha value is -0.550. The Bertz CT molecular complexity index is 729. The van der Waals surface area contributed by atoms with Gasteiger partial charge in [0.25, 0.3) is 0 Å². The summed E-state index contributed by atoms with van der Waals surface area (Å²) < 4.78 is 8.03. The summed E-state index contributed by atoms with van der Waals surface area (Å²) in [5.74, 6) is 3.08. The number of aliphatic hydroxyl groups is 1. The first kappa shape index (κ1) is 20.7. The van der Waals surface area contributed by atoms with Gasteiger partial charge in [-0.2, -0.15) is 0 Å². The molecule has 4 rings (SSSR count). The molecule has 1 aromatic rings. The van der Waals surface area contributed by atoms with Crippen LogP contribution in [-0.4, -0.2) is 17.3 Å². The van der Waals surface area contributed by atoms with Gasteiger partial charge in [-0.25, -0.2) is 0 Å². The van der Waals surface area contributed by atoms with Crippen LogP contribution >= 0.6 is 22.6 Å².